The summed E-state index contributed by atoms with van der Waals surface area (Å²) in [6.45, 7) is 3.25. The molecule has 0 saturated heterocycles. The Kier molecular flexibility index (Phi) is 3.86. The number of ether oxygens (including phenoxy) is 2. The van der Waals surface area contributed by atoms with Gasteiger partial charge in [-0.25, -0.2) is 0 Å². The van der Waals surface area contributed by atoms with Gasteiger partial charge in [0, 0.05) is 22.7 Å². The van der Waals surface area contributed by atoms with E-state index in [0.717, 1.165) is 22.7 Å². The molecule has 2 aliphatic rings. The number of rotatable bonds is 3. The smallest absolute Gasteiger partial charge is 0.129 e. The fourth-order valence-electron chi connectivity index (χ4n) is 4.07. The van der Waals surface area contributed by atoms with Crippen molar-refractivity contribution in [1.29, 1.82) is 0 Å². The third-order valence-electron chi connectivity index (χ3n) is 5.25. The van der Waals surface area contributed by atoms with Crippen molar-refractivity contribution < 1.29 is 9.47 Å². The molecular formula is C24H21NO2. The molecule has 1 N–H and O–H groups in total. The first-order chi connectivity index (χ1) is 13.3. The van der Waals surface area contributed by atoms with Gasteiger partial charge in [-0.2, -0.15) is 0 Å². The Morgan fingerprint density at radius 1 is 1.00 bits per heavy atom. The standard InChI is InChI=1S/C24H21NO2/c1-2-26-17-12-13-21-19(14-17)23(16-8-4-3-5-9-16)20-15-27-22-11-7-6-10-18(22)24(20)25-21/h3-14,23,25H,2,15H2,1H3. The Morgan fingerprint density at radius 2 is 1.81 bits per heavy atom. The van der Waals surface area contributed by atoms with Crippen molar-refractivity contribution in [3.63, 3.8) is 0 Å². The number of hydrogen-bond acceptors (Lipinski definition) is 3. The second-order valence-corrected chi connectivity index (χ2v) is 6.84. The van der Waals surface area contributed by atoms with Crippen LogP contribution in [0.25, 0.3) is 5.70 Å². The third-order valence-corrected chi connectivity index (χ3v) is 5.25. The van der Waals surface area contributed by atoms with Crippen molar-refractivity contribution in [3.8, 4) is 11.5 Å². The van der Waals surface area contributed by atoms with Gasteiger partial charge in [0.05, 0.1) is 12.3 Å². The minimum atomic E-state index is 0.145. The van der Waals surface area contributed by atoms with Crippen LogP contribution in [-0.2, 0) is 0 Å². The highest BCUT2D eigenvalue weighted by Gasteiger charge is 2.33. The molecule has 0 spiro atoms. The summed E-state index contributed by atoms with van der Waals surface area (Å²) in [5, 5.41) is 3.67. The minimum Gasteiger partial charge on any atom is -0.494 e. The number of nitrogens with one attached hydrogen (secondary N) is 1. The van der Waals surface area contributed by atoms with Gasteiger partial charge >= 0.3 is 0 Å². The summed E-state index contributed by atoms with van der Waals surface area (Å²) < 4.78 is 11.9. The maximum atomic E-state index is 6.11. The van der Waals surface area contributed by atoms with Gasteiger partial charge in [-0.1, -0.05) is 42.5 Å². The Labute approximate surface area is 159 Å². The Balaban J connectivity index is 1.72. The second kappa shape index (κ2) is 6.51. The topological polar surface area (TPSA) is 30.5 Å². The zero-order valence-corrected chi connectivity index (χ0v) is 15.2. The average molecular weight is 355 g/mol. The highest BCUT2D eigenvalue weighted by atomic mass is 16.5. The van der Waals surface area contributed by atoms with Gasteiger partial charge in [-0.3, -0.25) is 0 Å². The molecule has 0 saturated carbocycles. The largest absolute Gasteiger partial charge is 0.494 e. The van der Waals surface area contributed by atoms with E-state index in [-0.39, 0.29) is 5.92 Å². The predicted molar refractivity (Wildman–Crippen MR) is 108 cm³/mol. The van der Waals surface area contributed by atoms with E-state index >= 15 is 0 Å². The molecule has 134 valence electrons. The van der Waals surface area contributed by atoms with Gasteiger partial charge in [0.1, 0.15) is 18.1 Å². The molecule has 0 aromatic heterocycles. The van der Waals surface area contributed by atoms with Crippen LogP contribution in [0.3, 0.4) is 0 Å². The average Bonchev–Trinajstić information content (AvgIpc) is 2.73. The Hall–Kier alpha value is -3.20. The van der Waals surface area contributed by atoms with Crippen molar-refractivity contribution in [2.24, 2.45) is 0 Å². The first kappa shape index (κ1) is 16.0. The summed E-state index contributed by atoms with van der Waals surface area (Å²) in [7, 11) is 0. The first-order valence-electron chi connectivity index (χ1n) is 9.39. The number of benzene rings is 3. The zero-order chi connectivity index (χ0) is 18.2. The van der Waals surface area contributed by atoms with Crippen molar-refractivity contribution in [1.82, 2.24) is 0 Å². The first-order valence-corrected chi connectivity index (χ1v) is 9.39. The molecule has 1 unspecified atom stereocenters. The number of anilines is 1. The molecule has 0 fully saturated rings. The highest BCUT2D eigenvalue weighted by Crippen LogP contribution is 2.48. The van der Waals surface area contributed by atoms with Crippen molar-refractivity contribution >= 4 is 11.4 Å². The lowest BCUT2D eigenvalue weighted by Gasteiger charge is -2.36. The zero-order valence-electron chi connectivity index (χ0n) is 15.2. The SMILES string of the molecule is CCOc1ccc2c(c1)C(c1ccccc1)C1=C(N2)c2ccccc2OC1. The van der Waals surface area contributed by atoms with E-state index in [4.69, 9.17) is 9.47 Å². The van der Waals surface area contributed by atoms with Gasteiger partial charge in [-0.05, 0) is 48.4 Å². The normalized spacial score (nSPS) is 17.1. The van der Waals surface area contributed by atoms with E-state index in [1.54, 1.807) is 0 Å². The maximum Gasteiger partial charge on any atom is 0.129 e. The molecule has 2 heterocycles. The molecule has 5 rings (SSSR count). The van der Waals surface area contributed by atoms with Gasteiger partial charge in [-0.15, -0.1) is 0 Å². The fraction of sp³-hybridized carbons (Fsp3) is 0.167. The highest BCUT2D eigenvalue weighted by molar-refractivity contribution is 5.89. The van der Waals surface area contributed by atoms with Crippen LogP contribution in [0.15, 0.2) is 78.4 Å². The molecule has 0 aliphatic carbocycles. The van der Waals surface area contributed by atoms with Gasteiger partial charge in [0.2, 0.25) is 0 Å². The lowest BCUT2D eigenvalue weighted by Crippen LogP contribution is -2.25. The quantitative estimate of drug-likeness (QED) is 0.678. The second-order valence-electron chi connectivity index (χ2n) is 6.84. The Bertz CT molecular complexity index is 1020. The summed E-state index contributed by atoms with van der Waals surface area (Å²) in [6.07, 6.45) is 0. The molecule has 0 amide bonds. The van der Waals surface area contributed by atoms with Crippen LogP contribution in [0.2, 0.25) is 0 Å². The molecule has 1 atom stereocenters. The summed E-state index contributed by atoms with van der Waals surface area (Å²) in [4.78, 5) is 0. The molecule has 3 nitrogen and oxygen atoms in total. The monoisotopic (exact) mass is 355 g/mol. The molecule has 3 aromatic rings. The summed E-state index contributed by atoms with van der Waals surface area (Å²) in [6, 6.07) is 25.2. The van der Waals surface area contributed by atoms with Crippen LogP contribution >= 0.6 is 0 Å². The number of para-hydroxylation sites is 1. The maximum absolute atomic E-state index is 6.11. The van der Waals surface area contributed by atoms with Crippen LogP contribution in [0, 0.1) is 0 Å². The summed E-state index contributed by atoms with van der Waals surface area (Å²) in [5.41, 5.74) is 7.18. The van der Waals surface area contributed by atoms with E-state index in [1.807, 2.05) is 25.1 Å². The number of hydrogen-bond donors (Lipinski definition) is 1. The molecule has 3 heteroatoms. The van der Waals surface area contributed by atoms with Crippen LogP contribution in [0.4, 0.5) is 5.69 Å². The minimum absolute atomic E-state index is 0.145. The lowest BCUT2D eigenvalue weighted by atomic mass is 9.79. The van der Waals surface area contributed by atoms with E-state index < -0.39 is 0 Å². The predicted octanol–water partition coefficient (Wildman–Crippen LogP) is 5.45. The lowest BCUT2D eigenvalue weighted by molar-refractivity contribution is 0.336. The van der Waals surface area contributed by atoms with E-state index in [9.17, 15) is 0 Å². The Morgan fingerprint density at radius 3 is 2.67 bits per heavy atom. The van der Waals surface area contributed by atoms with E-state index in [2.05, 4.69) is 59.9 Å². The van der Waals surface area contributed by atoms with Crippen molar-refractivity contribution in [2.45, 2.75) is 12.8 Å². The molecule has 0 radical (unpaired) electrons. The van der Waals surface area contributed by atoms with Crippen LogP contribution in [-0.4, -0.2) is 13.2 Å². The van der Waals surface area contributed by atoms with Crippen molar-refractivity contribution in [2.75, 3.05) is 18.5 Å². The molecule has 2 aliphatic heterocycles. The number of fused-ring (bicyclic) bond motifs is 3. The van der Waals surface area contributed by atoms with E-state index in [1.165, 1.54) is 22.4 Å². The van der Waals surface area contributed by atoms with Crippen LogP contribution in [0.5, 0.6) is 11.5 Å². The molecule has 3 aromatic carbocycles. The van der Waals surface area contributed by atoms with Gasteiger partial charge in [0.15, 0.2) is 0 Å². The molecular weight excluding hydrogens is 334 g/mol. The third kappa shape index (κ3) is 2.67. The molecule has 27 heavy (non-hydrogen) atoms. The fourth-order valence-corrected chi connectivity index (χ4v) is 4.07. The molecule has 0 bridgehead atoms. The van der Waals surface area contributed by atoms with Gasteiger partial charge in [0.25, 0.3) is 0 Å². The summed E-state index contributed by atoms with van der Waals surface area (Å²) >= 11 is 0. The van der Waals surface area contributed by atoms with Crippen LogP contribution < -0.4 is 14.8 Å². The summed E-state index contributed by atoms with van der Waals surface area (Å²) in [5.74, 6) is 1.98. The van der Waals surface area contributed by atoms with Crippen molar-refractivity contribution in [3.05, 3.63) is 95.1 Å². The van der Waals surface area contributed by atoms with Gasteiger partial charge < -0.3 is 14.8 Å². The van der Waals surface area contributed by atoms with Crippen LogP contribution in [0.1, 0.15) is 29.5 Å². The van der Waals surface area contributed by atoms with E-state index in [0.29, 0.717) is 13.2 Å².